The Labute approximate surface area is 90.8 Å². The van der Waals surface area contributed by atoms with Crippen molar-refractivity contribution in [2.45, 2.75) is 46.2 Å². The number of hydrogen-bond donors (Lipinski definition) is 2. The molecule has 0 unspecified atom stereocenters. The summed E-state index contributed by atoms with van der Waals surface area (Å²) in [6.07, 6.45) is 0.880. The van der Waals surface area contributed by atoms with Crippen molar-refractivity contribution in [1.82, 2.24) is 10.6 Å². The van der Waals surface area contributed by atoms with Crippen molar-refractivity contribution in [3.63, 3.8) is 0 Å². The second-order valence-corrected chi connectivity index (χ2v) is 4.60. The fourth-order valence-electron chi connectivity index (χ4n) is 1.72. The van der Waals surface area contributed by atoms with Crippen LogP contribution in [0.1, 0.15) is 34.1 Å². The fraction of sp³-hybridized carbons (Fsp3) is 0.818. The van der Waals surface area contributed by atoms with Gasteiger partial charge in [-0.2, -0.15) is 0 Å². The zero-order chi connectivity index (χ0) is 11.6. The van der Waals surface area contributed by atoms with Gasteiger partial charge in [-0.1, -0.05) is 34.1 Å². The summed E-state index contributed by atoms with van der Waals surface area (Å²) < 4.78 is 0. The van der Waals surface area contributed by atoms with Gasteiger partial charge in [0, 0.05) is 0 Å². The summed E-state index contributed by atoms with van der Waals surface area (Å²) in [5, 5.41) is 5.58. The maximum absolute atomic E-state index is 11.7. The Bertz CT molecular complexity index is 263. The van der Waals surface area contributed by atoms with E-state index in [1.807, 2.05) is 27.7 Å². The van der Waals surface area contributed by atoms with Gasteiger partial charge in [-0.05, 0) is 11.8 Å². The van der Waals surface area contributed by atoms with E-state index in [-0.39, 0.29) is 35.7 Å². The summed E-state index contributed by atoms with van der Waals surface area (Å²) in [5.74, 6) is 0.200. The van der Waals surface area contributed by atoms with Crippen LogP contribution >= 0.6 is 0 Å². The first-order valence-electron chi connectivity index (χ1n) is 5.58. The molecule has 0 aliphatic carbocycles. The molecule has 2 amide bonds. The normalized spacial score (nSPS) is 28.6. The maximum Gasteiger partial charge on any atom is 0.243 e. The average Bonchev–Trinajstić information content (AvgIpc) is 2.19. The molecule has 2 N–H and O–H groups in total. The number of carbonyl (C=O) groups excluding carboxylic acids is 2. The minimum absolute atomic E-state index is 0.0531. The predicted molar refractivity (Wildman–Crippen MR) is 58.2 cm³/mol. The third-order valence-electron chi connectivity index (χ3n) is 3.04. The Kier molecular flexibility index (Phi) is 3.72. The molecule has 0 aromatic heterocycles. The topological polar surface area (TPSA) is 58.2 Å². The zero-order valence-corrected chi connectivity index (χ0v) is 9.83. The van der Waals surface area contributed by atoms with Gasteiger partial charge >= 0.3 is 0 Å². The van der Waals surface area contributed by atoms with Crippen molar-refractivity contribution in [1.29, 1.82) is 0 Å². The van der Waals surface area contributed by atoms with Crippen LogP contribution in [-0.4, -0.2) is 23.9 Å². The van der Waals surface area contributed by atoms with Crippen LogP contribution in [0.3, 0.4) is 0 Å². The van der Waals surface area contributed by atoms with Crippen LogP contribution in [0.15, 0.2) is 0 Å². The highest BCUT2D eigenvalue weighted by atomic mass is 16.2. The fourth-order valence-corrected chi connectivity index (χ4v) is 1.72. The van der Waals surface area contributed by atoms with Gasteiger partial charge in [-0.25, -0.2) is 0 Å². The lowest BCUT2D eigenvalue weighted by Gasteiger charge is -2.34. The maximum atomic E-state index is 11.7. The minimum atomic E-state index is -0.377. The molecule has 15 heavy (non-hydrogen) atoms. The lowest BCUT2D eigenvalue weighted by atomic mass is 9.93. The molecule has 4 nitrogen and oxygen atoms in total. The van der Waals surface area contributed by atoms with Crippen LogP contribution in [0.25, 0.3) is 0 Å². The van der Waals surface area contributed by atoms with E-state index in [2.05, 4.69) is 10.6 Å². The van der Waals surface area contributed by atoms with Crippen LogP contribution in [0.5, 0.6) is 0 Å². The highest BCUT2D eigenvalue weighted by molar-refractivity contribution is 5.97. The zero-order valence-electron chi connectivity index (χ0n) is 9.83. The van der Waals surface area contributed by atoms with E-state index in [9.17, 15) is 9.59 Å². The lowest BCUT2D eigenvalue weighted by Crippen LogP contribution is -2.64. The van der Waals surface area contributed by atoms with Crippen molar-refractivity contribution < 1.29 is 9.59 Å². The molecule has 0 spiro atoms. The second kappa shape index (κ2) is 4.64. The molecule has 0 aromatic carbocycles. The second-order valence-electron chi connectivity index (χ2n) is 4.60. The first-order chi connectivity index (χ1) is 6.97. The summed E-state index contributed by atoms with van der Waals surface area (Å²) in [6, 6.07) is -0.740. The van der Waals surface area contributed by atoms with Gasteiger partial charge < -0.3 is 10.6 Å². The highest BCUT2D eigenvalue weighted by Gasteiger charge is 2.37. The van der Waals surface area contributed by atoms with Gasteiger partial charge in [0.25, 0.3) is 0 Å². The van der Waals surface area contributed by atoms with Gasteiger partial charge in [0.05, 0.1) is 0 Å². The van der Waals surface area contributed by atoms with Crippen molar-refractivity contribution in [2.75, 3.05) is 0 Å². The molecule has 1 saturated heterocycles. The largest absolute Gasteiger partial charge is 0.342 e. The summed E-state index contributed by atoms with van der Waals surface area (Å²) in [6.45, 7) is 7.83. The molecule has 1 fully saturated rings. The van der Waals surface area contributed by atoms with Gasteiger partial charge in [0.2, 0.25) is 11.8 Å². The standard InChI is InChI=1S/C11H20N2O2/c1-5-7(4)9-11(15)12-8(6(2)3)10(14)13-9/h6-9H,5H2,1-4H3,(H,12,15)(H,13,14)/t7-,8+,9-/m0/s1. The van der Waals surface area contributed by atoms with Gasteiger partial charge in [0.15, 0.2) is 0 Å². The number of rotatable bonds is 3. The van der Waals surface area contributed by atoms with Crippen molar-refractivity contribution in [2.24, 2.45) is 11.8 Å². The number of piperazine rings is 1. The monoisotopic (exact) mass is 212 g/mol. The van der Waals surface area contributed by atoms with E-state index in [0.717, 1.165) is 6.42 Å². The molecule has 1 aliphatic rings. The van der Waals surface area contributed by atoms with Crippen molar-refractivity contribution in [3.05, 3.63) is 0 Å². The molecular weight excluding hydrogens is 192 g/mol. The Balaban J connectivity index is 2.71. The van der Waals surface area contributed by atoms with Crippen LogP contribution in [0, 0.1) is 11.8 Å². The van der Waals surface area contributed by atoms with Gasteiger partial charge in [-0.3, -0.25) is 9.59 Å². The SMILES string of the molecule is CC[C@H](C)[C@@H]1NC(=O)[C@@H](C(C)C)NC1=O. The first kappa shape index (κ1) is 12.0. The summed E-state index contributed by atoms with van der Waals surface area (Å²) in [4.78, 5) is 23.4. The number of hydrogen-bond acceptors (Lipinski definition) is 2. The average molecular weight is 212 g/mol. The Morgan fingerprint density at radius 1 is 1.07 bits per heavy atom. The van der Waals surface area contributed by atoms with E-state index < -0.39 is 0 Å². The predicted octanol–water partition coefficient (Wildman–Crippen LogP) is 0.672. The van der Waals surface area contributed by atoms with Crippen LogP contribution in [-0.2, 0) is 9.59 Å². The number of nitrogens with one attached hydrogen (secondary N) is 2. The summed E-state index contributed by atoms with van der Waals surface area (Å²) in [5.41, 5.74) is 0. The van der Waals surface area contributed by atoms with Crippen molar-refractivity contribution >= 4 is 11.8 Å². The molecule has 1 rings (SSSR count). The van der Waals surface area contributed by atoms with E-state index in [1.165, 1.54) is 0 Å². The van der Waals surface area contributed by atoms with E-state index in [1.54, 1.807) is 0 Å². The smallest absolute Gasteiger partial charge is 0.243 e. The Morgan fingerprint density at radius 2 is 1.53 bits per heavy atom. The molecule has 0 bridgehead atoms. The minimum Gasteiger partial charge on any atom is -0.342 e. The first-order valence-corrected chi connectivity index (χ1v) is 5.58. The summed E-state index contributed by atoms with van der Waals surface area (Å²) in [7, 11) is 0. The van der Waals surface area contributed by atoms with Crippen LogP contribution < -0.4 is 10.6 Å². The molecule has 1 heterocycles. The van der Waals surface area contributed by atoms with E-state index >= 15 is 0 Å². The van der Waals surface area contributed by atoms with E-state index in [0.29, 0.717) is 0 Å². The molecule has 4 heteroatoms. The van der Waals surface area contributed by atoms with Crippen molar-refractivity contribution in [3.8, 4) is 0 Å². The highest BCUT2D eigenvalue weighted by Crippen LogP contribution is 2.14. The molecule has 1 aliphatic heterocycles. The van der Waals surface area contributed by atoms with Crippen LogP contribution in [0.4, 0.5) is 0 Å². The third kappa shape index (κ3) is 2.49. The molecule has 3 atom stereocenters. The summed E-state index contributed by atoms with van der Waals surface area (Å²) >= 11 is 0. The lowest BCUT2D eigenvalue weighted by molar-refractivity contribution is -0.139. The van der Waals surface area contributed by atoms with Gasteiger partial charge in [0.1, 0.15) is 12.1 Å². The number of amides is 2. The molecule has 0 saturated carbocycles. The molecule has 0 radical (unpaired) electrons. The van der Waals surface area contributed by atoms with Gasteiger partial charge in [-0.15, -0.1) is 0 Å². The Hall–Kier alpha value is -1.06. The number of carbonyl (C=O) groups is 2. The third-order valence-corrected chi connectivity index (χ3v) is 3.04. The molecule has 0 aromatic rings. The van der Waals surface area contributed by atoms with E-state index in [4.69, 9.17) is 0 Å². The molecular formula is C11H20N2O2. The molecule has 86 valence electrons. The quantitative estimate of drug-likeness (QED) is 0.722. The Morgan fingerprint density at radius 3 is 2.00 bits per heavy atom. The van der Waals surface area contributed by atoms with Crippen LogP contribution in [0.2, 0.25) is 0 Å².